The van der Waals surface area contributed by atoms with Crippen LogP contribution in [-0.4, -0.2) is 13.7 Å². The highest BCUT2D eigenvalue weighted by Crippen LogP contribution is 2.24. The number of halogens is 2. The predicted molar refractivity (Wildman–Crippen MR) is 82.2 cm³/mol. The van der Waals surface area contributed by atoms with Crippen LogP contribution in [0.15, 0.2) is 46.9 Å². The first-order valence-corrected chi connectivity index (χ1v) is 7.19. The number of rotatable bonds is 5. The van der Waals surface area contributed by atoms with Crippen LogP contribution in [-0.2, 0) is 11.2 Å². The van der Waals surface area contributed by atoms with Crippen LogP contribution in [0.25, 0.3) is 0 Å². The van der Waals surface area contributed by atoms with Gasteiger partial charge in [0.1, 0.15) is 5.82 Å². The van der Waals surface area contributed by atoms with Gasteiger partial charge in [-0.05, 0) is 41.3 Å². The summed E-state index contributed by atoms with van der Waals surface area (Å²) in [5.74, 6) is -0.290. The summed E-state index contributed by atoms with van der Waals surface area (Å²) in [7, 11) is 1.69. The fourth-order valence-electron chi connectivity index (χ4n) is 2.06. The van der Waals surface area contributed by atoms with E-state index in [1.165, 1.54) is 17.7 Å². The van der Waals surface area contributed by atoms with E-state index >= 15 is 0 Å². The van der Waals surface area contributed by atoms with Gasteiger partial charge in [-0.25, -0.2) is 4.39 Å². The van der Waals surface area contributed by atoms with Gasteiger partial charge in [0, 0.05) is 11.6 Å². The van der Waals surface area contributed by atoms with Gasteiger partial charge in [0.2, 0.25) is 0 Å². The van der Waals surface area contributed by atoms with Gasteiger partial charge in [-0.2, -0.15) is 0 Å². The van der Waals surface area contributed by atoms with Crippen LogP contribution < -0.4 is 5.73 Å². The molecule has 0 saturated carbocycles. The lowest BCUT2D eigenvalue weighted by Gasteiger charge is -2.14. The molecule has 0 amide bonds. The van der Waals surface area contributed by atoms with Crippen molar-refractivity contribution in [3.8, 4) is 0 Å². The summed E-state index contributed by atoms with van der Waals surface area (Å²) in [6.07, 6.45) is 0.873. The summed E-state index contributed by atoms with van der Waals surface area (Å²) in [5.41, 5.74) is 9.10. The third-order valence-corrected chi connectivity index (χ3v) is 3.64. The molecule has 2 aromatic carbocycles. The zero-order valence-corrected chi connectivity index (χ0v) is 12.9. The zero-order valence-electron chi connectivity index (χ0n) is 11.3. The lowest BCUT2D eigenvalue weighted by atomic mass is 9.98. The molecule has 4 heteroatoms. The number of nitrogens with two attached hydrogens (primary N) is 1. The first-order valence-electron chi connectivity index (χ1n) is 6.39. The summed E-state index contributed by atoms with van der Waals surface area (Å²) in [6, 6.07) is 12.4. The largest absolute Gasteiger partial charge is 0.384 e. The van der Waals surface area contributed by atoms with Crippen molar-refractivity contribution in [3.05, 3.63) is 69.4 Å². The van der Waals surface area contributed by atoms with Crippen LogP contribution in [0, 0.1) is 5.82 Å². The molecule has 1 unspecified atom stereocenters. The molecule has 0 aromatic heterocycles. The lowest BCUT2D eigenvalue weighted by Crippen LogP contribution is -2.12. The van der Waals surface area contributed by atoms with Crippen LogP contribution in [0.1, 0.15) is 22.7 Å². The van der Waals surface area contributed by atoms with Gasteiger partial charge >= 0.3 is 0 Å². The summed E-state index contributed by atoms with van der Waals surface area (Å²) >= 11 is 3.28. The van der Waals surface area contributed by atoms with Gasteiger partial charge in [0.05, 0.1) is 12.6 Å². The Kier molecular flexibility index (Phi) is 5.29. The van der Waals surface area contributed by atoms with Gasteiger partial charge in [0.15, 0.2) is 0 Å². The first-order chi connectivity index (χ1) is 9.60. The van der Waals surface area contributed by atoms with E-state index in [0.717, 1.165) is 17.5 Å². The van der Waals surface area contributed by atoms with E-state index in [1.54, 1.807) is 7.11 Å². The minimum Gasteiger partial charge on any atom is -0.384 e. The Hall–Kier alpha value is -1.23. The van der Waals surface area contributed by atoms with Gasteiger partial charge in [0.25, 0.3) is 0 Å². The Morgan fingerprint density at radius 2 is 1.85 bits per heavy atom. The summed E-state index contributed by atoms with van der Waals surface area (Å²) in [6.45, 7) is 0.697. The van der Waals surface area contributed by atoms with E-state index in [1.807, 2.05) is 30.3 Å². The van der Waals surface area contributed by atoms with Crippen LogP contribution in [0.4, 0.5) is 4.39 Å². The maximum Gasteiger partial charge on any atom is 0.124 e. The molecule has 2 nitrogen and oxygen atoms in total. The monoisotopic (exact) mass is 337 g/mol. The molecule has 0 bridgehead atoms. The summed E-state index contributed by atoms with van der Waals surface area (Å²) < 4.78 is 19.1. The van der Waals surface area contributed by atoms with Crippen LogP contribution in [0.3, 0.4) is 0 Å². The topological polar surface area (TPSA) is 35.2 Å². The van der Waals surface area contributed by atoms with Crippen molar-refractivity contribution in [1.82, 2.24) is 0 Å². The Morgan fingerprint density at radius 1 is 1.15 bits per heavy atom. The highest BCUT2D eigenvalue weighted by Gasteiger charge is 2.11. The third kappa shape index (κ3) is 3.88. The third-order valence-electron chi connectivity index (χ3n) is 3.18. The Bertz CT molecular complexity index is 551. The molecule has 0 heterocycles. The Balaban J connectivity index is 2.17. The molecule has 2 N–H and O–H groups in total. The summed E-state index contributed by atoms with van der Waals surface area (Å²) in [4.78, 5) is 0. The van der Waals surface area contributed by atoms with Gasteiger partial charge < -0.3 is 10.5 Å². The average Bonchev–Trinajstić information content (AvgIpc) is 2.44. The van der Waals surface area contributed by atoms with Crippen LogP contribution >= 0.6 is 15.9 Å². The molecule has 0 aliphatic heterocycles. The number of hydrogen-bond donors (Lipinski definition) is 1. The SMILES string of the molecule is COCCc1ccc(C(N)c2cc(F)cc(Br)c2)cc1. The van der Waals surface area contributed by atoms with Gasteiger partial charge in [-0.3, -0.25) is 0 Å². The Labute approximate surface area is 126 Å². The van der Waals surface area contributed by atoms with Crippen molar-refractivity contribution in [1.29, 1.82) is 0 Å². The molecular weight excluding hydrogens is 321 g/mol. The standard InChI is InChI=1S/C16H17BrFNO/c1-20-7-6-11-2-4-12(5-3-11)16(19)13-8-14(17)10-15(18)9-13/h2-5,8-10,16H,6-7,19H2,1H3. The second-order valence-corrected chi connectivity index (χ2v) is 5.58. The van der Waals surface area contributed by atoms with Crippen molar-refractivity contribution in [2.24, 2.45) is 5.73 Å². The minimum absolute atomic E-state index is 0.290. The fourth-order valence-corrected chi connectivity index (χ4v) is 2.54. The van der Waals surface area contributed by atoms with Crippen molar-refractivity contribution >= 4 is 15.9 Å². The molecule has 0 fully saturated rings. The van der Waals surface area contributed by atoms with Gasteiger partial charge in [-0.15, -0.1) is 0 Å². The second-order valence-electron chi connectivity index (χ2n) is 4.66. The van der Waals surface area contributed by atoms with Crippen LogP contribution in [0.2, 0.25) is 0 Å². The molecule has 20 heavy (non-hydrogen) atoms. The quantitative estimate of drug-likeness (QED) is 0.899. The normalized spacial score (nSPS) is 12.4. The molecule has 2 rings (SSSR count). The summed E-state index contributed by atoms with van der Waals surface area (Å²) in [5, 5.41) is 0. The highest BCUT2D eigenvalue weighted by atomic mass is 79.9. The maximum absolute atomic E-state index is 13.4. The fraction of sp³-hybridized carbons (Fsp3) is 0.250. The molecule has 0 spiro atoms. The second kappa shape index (κ2) is 6.97. The van der Waals surface area contributed by atoms with E-state index in [0.29, 0.717) is 11.1 Å². The molecule has 0 saturated heterocycles. The predicted octanol–water partition coefficient (Wildman–Crippen LogP) is 3.83. The molecule has 2 aromatic rings. The first kappa shape index (κ1) is 15.2. The molecule has 106 valence electrons. The maximum atomic E-state index is 13.4. The number of ether oxygens (including phenoxy) is 1. The van der Waals surface area contributed by atoms with Crippen LogP contribution in [0.5, 0.6) is 0 Å². The number of hydrogen-bond acceptors (Lipinski definition) is 2. The molecule has 0 aliphatic carbocycles. The van der Waals surface area contributed by atoms with Crippen molar-refractivity contribution < 1.29 is 9.13 Å². The minimum atomic E-state index is -0.335. The van der Waals surface area contributed by atoms with E-state index < -0.39 is 0 Å². The average molecular weight is 338 g/mol. The lowest BCUT2D eigenvalue weighted by molar-refractivity contribution is 0.202. The molecule has 1 atom stereocenters. The van der Waals surface area contributed by atoms with E-state index in [2.05, 4.69) is 15.9 Å². The van der Waals surface area contributed by atoms with Crippen molar-refractivity contribution in [3.63, 3.8) is 0 Å². The van der Waals surface area contributed by atoms with E-state index in [4.69, 9.17) is 10.5 Å². The van der Waals surface area contributed by atoms with E-state index in [9.17, 15) is 4.39 Å². The van der Waals surface area contributed by atoms with Crippen molar-refractivity contribution in [2.75, 3.05) is 13.7 Å². The number of methoxy groups -OCH3 is 1. The smallest absolute Gasteiger partial charge is 0.124 e. The Morgan fingerprint density at radius 3 is 2.45 bits per heavy atom. The van der Waals surface area contributed by atoms with Crippen molar-refractivity contribution in [2.45, 2.75) is 12.5 Å². The van der Waals surface area contributed by atoms with Gasteiger partial charge in [-0.1, -0.05) is 40.2 Å². The highest BCUT2D eigenvalue weighted by molar-refractivity contribution is 9.10. The van der Waals surface area contributed by atoms with E-state index in [-0.39, 0.29) is 11.9 Å². The zero-order chi connectivity index (χ0) is 14.5. The molecule has 0 aliphatic rings. The molecule has 0 radical (unpaired) electrons. The molecular formula is C16H17BrFNO. The number of benzene rings is 2.